The molecule has 2 rings (SSSR count). The van der Waals surface area contributed by atoms with E-state index in [2.05, 4.69) is 29.4 Å². The van der Waals surface area contributed by atoms with Crippen molar-refractivity contribution >= 4 is 17.5 Å². The number of fused-ring (bicyclic) bond motifs is 1. The first-order chi connectivity index (χ1) is 10.4. The highest BCUT2D eigenvalue weighted by Gasteiger charge is 2.20. The van der Waals surface area contributed by atoms with Gasteiger partial charge in [0.15, 0.2) is 6.61 Å². The SMILES string of the molecule is CC(C)[C@@H](CNC(=O)c1ccc2c(c1)OCC(=O)N2)N(C)C. The molecule has 0 saturated heterocycles. The molecule has 6 heteroatoms. The van der Waals surface area contributed by atoms with Gasteiger partial charge in [0.2, 0.25) is 0 Å². The number of rotatable bonds is 5. The number of nitrogens with zero attached hydrogens (tertiary/aromatic N) is 1. The number of carbonyl (C=O) groups is 2. The van der Waals surface area contributed by atoms with Crippen molar-refractivity contribution in [2.24, 2.45) is 5.92 Å². The maximum atomic E-state index is 12.3. The van der Waals surface area contributed by atoms with E-state index in [0.29, 0.717) is 29.5 Å². The van der Waals surface area contributed by atoms with Gasteiger partial charge in [-0.25, -0.2) is 0 Å². The zero-order chi connectivity index (χ0) is 16.3. The fraction of sp³-hybridized carbons (Fsp3) is 0.500. The standard InChI is InChI=1S/C16H23N3O3/c1-10(2)13(19(3)4)8-17-16(21)11-5-6-12-14(7-11)22-9-15(20)18-12/h5-7,10,13H,8-9H2,1-4H3,(H,17,21)(H,18,20)/t13-/m1/s1. The average molecular weight is 305 g/mol. The minimum Gasteiger partial charge on any atom is -0.482 e. The molecule has 1 aromatic carbocycles. The topological polar surface area (TPSA) is 70.7 Å². The van der Waals surface area contributed by atoms with Crippen LogP contribution in [0.25, 0.3) is 0 Å². The van der Waals surface area contributed by atoms with E-state index in [1.807, 2.05) is 14.1 Å². The van der Waals surface area contributed by atoms with Crippen molar-refractivity contribution in [1.29, 1.82) is 0 Å². The largest absolute Gasteiger partial charge is 0.482 e. The molecule has 0 unspecified atom stereocenters. The van der Waals surface area contributed by atoms with Gasteiger partial charge in [-0.15, -0.1) is 0 Å². The van der Waals surface area contributed by atoms with E-state index in [9.17, 15) is 9.59 Å². The fourth-order valence-corrected chi connectivity index (χ4v) is 2.53. The molecule has 1 aliphatic heterocycles. The molecular formula is C16H23N3O3. The molecule has 2 amide bonds. The van der Waals surface area contributed by atoms with E-state index >= 15 is 0 Å². The zero-order valence-electron chi connectivity index (χ0n) is 13.5. The first-order valence-corrected chi connectivity index (χ1v) is 7.40. The lowest BCUT2D eigenvalue weighted by Gasteiger charge is -2.28. The molecule has 1 aliphatic rings. The Kier molecular flexibility index (Phi) is 5.03. The molecule has 0 aliphatic carbocycles. The van der Waals surface area contributed by atoms with Gasteiger partial charge in [0.05, 0.1) is 5.69 Å². The number of amides is 2. The minimum atomic E-state index is -0.185. The summed E-state index contributed by atoms with van der Waals surface area (Å²) in [5.41, 5.74) is 1.12. The molecule has 22 heavy (non-hydrogen) atoms. The molecule has 2 N–H and O–H groups in total. The van der Waals surface area contributed by atoms with Crippen LogP contribution in [-0.4, -0.2) is 50.0 Å². The molecule has 0 saturated carbocycles. The summed E-state index contributed by atoms with van der Waals surface area (Å²) in [5, 5.41) is 5.66. The summed E-state index contributed by atoms with van der Waals surface area (Å²) < 4.78 is 5.33. The van der Waals surface area contributed by atoms with E-state index < -0.39 is 0 Å². The summed E-state index contributed by atoms with van der Waals surface area (Å²) in [5.74, 6) is 0.643. The molecule has 1 heterocycles. The van der Waals surface area contributed by atoms with Crippen LogP contribution in [0.15, 0.2) is 18.2 Å². The Morgan fingerprint density at radius 3 is 2.77 bits per heavy atom. The third-order valence-electron chi connectivity index (χ3n) is 3.78. The number of nitrogens with one attached hydrogen (secondary N) is 2. The van der Waals surface area contributed by atoms with Crippen LogP contribution in [0.1, 0.15) is 24.2 Å². The van der Waals surface area contributed by atoms with Gasteiger partial charge in [-0.3, -0.25) is 9.59 Å². The fourth-order valence-electron chi connectivity index (χ4n) is 2.53. The van der Waals surface area contributed by atoms with Crippen LogP contribution in [0.3, 0.4) is 0 Å². The summed E-state index contributed by atoms with van der Waals surface area (Å²) in [7, 11) is 4.01. The highest BCUT2D eigenvalue weighted by molar-refractivity contribution is 5.98. The van der Waals surface area contributed by atoms with E-state index in [-0.39, 0.29) is 24.5 Å². The highest BCUT2D eigenvalue weighted by atomic mass is 16.5. The summed E-state index contributed by atoms with van der Waals surface area (Å²) in [6, 6.07) is 5.30. The van der Waals surface area contributed by atoms with E-state index in [4.69, 9.17) is 4.74 Å². The number of benzene rings is 1. The third-order valence-corrected chi connectivity index (χ3v) is 3.78. The first kappa shape index (κ1) is 16.3. The van der Waals surface area contributed by atoms with Crippen LogP contribution in [-0.2, 0) is 4.79 Å². The number of hydrogen-bond acceptors (Lipinski definition) is 4. The molecule has 0 radical (unpaired) electrons. The second kappa shape index (κ2) is 6.79. The van der Waals surface area contributed by atoms with E-state index in [0.717, 1.165) is 0 Å². The van der Waals surface area contributed by atoms with Crippen LogP contribution in [0, 0.1) is 5.92 Å². The summed E-state index contributed by atoms with van der Waals surface area (Å²) >= 11 is 0. The quantitative estimate of drug-likeness (QED) is 0.861. The van der Waals surface area contributed by atoms with Gasteiger partial charge in [-0.2, -0.15) is 0 Å². The van der Waals surface area contributed by atoms with Gasteiger partial charge >= 0.3 is 0 Å². The Bertz CT molecular complexity index is 562. The number of hydrogen-bond donors (Lipinski definition) is 2. The Labute approximate surface area is 130 Å². The van der Waals surface area contributed by atoms with Crippen LogP contribution in [0.4, 0.5) is 5.69 Å². The Hall–Kier alpha value is -2.08. The molecule has 0 bridgehead atoms. The molecule has 6 nitrogen and oxygen atoms in total. The van der Waals surface area contributed by atoms with Gasteiger partial charge in [0, 0.05) is 18.2 Å². The number of ether oxygens (including phenoxy) is 1. The van der Waals surface area contributed by atoms with Crippen molar-refractivity contribution in [3.8, 4) is 5.75 Å². The van der Waals surface area contributed by atoms with Crippen molar-refractivity contribution in [2.75, 3.05) is 32.6 Å². The number of likely N-dealkylation sites (N-methyl/N-ethyl adjacent to an activating group) is 1. The van der Waals surface area contributed by atoms with Gasteiger partial charge in [-0.05, 0) is 38.2 Å². The molecule has 120 valence electrons. The molecule has 0 fully saturated rings. The lowest BCUT2D eigenvalue weighted by Crippen LogP contribution is -2.43. The Morgan fingerprint density at radius 1 is 1.41 bits per heavy atom. The smallest absolute Gasteiger partial charge is 0.262 e. The van der Waals surface area contributed by atoms with Gasteiger partial charge in [0.25, 0.3) is 11.8 Å². The second-order valence-corrected chi connectivity index (χ2v) is 6.03. The van der Waals surface area contributed by atoms with Crippen molar-refractivity contribution in [2.45, 2.75) is 19.9 Å². The van der Waals surface area contributed by atoms with Gasteiger partial charge in [-0.1, -0.05) is 13.8 Å². The summed E-state index contributed by atoms with van der Waals surface area (Å²) in [4.78, 5) is 25.6. The second-order valence-electron chi connectivity index (χ2n) is 6.03. The molecule has 0 aromatic heterocycles. The Balaban J connectivity index is 2.03. The van der Waals surface area contributed by atoms with Crippen molar-refractivity contribution in [3.05, 3.63) is 23.8 Å². The van der Waals surface area contributed by atoms with E-state index in [1.165, 1.54) is 0 Å². The average Bonchev–Trinajstić information content (AvgIpc) is 2.45. The number of anilines is 1. The van der Waals surface area contributed by atoms with Crippen LogP contribution in [0.5, 0.6) is 5.75 Å². The lowest BCUT2D eigenvalue weighted by molar-refractivity contribution is -0.118. The van der Waals surface area contributed by atoms with Crippen LogP contribution in [0.2, 0.25) is 0 Å². The molecule has 1 aromatic rings. The predicted molar refractivity (Wildman–Crippen MR) is 85.2 cm³/mol. The first-order valence-electron chi connectivity index (χ1n) is 7.40. The minimum absolute atomic E-state index is 0.0197. The number of carbonyl (C=O) groups excluding carboxylic acids is 2. The van der Waals surface area contributed by atoms with Crippen molar-refractivity contribution < 1.29 is 14.3 Å². The van der Waals surface area contributed by atoms with Crippen molar-refractivity contribution in [1.82, 2.24) is 10.2 Å². The molecule has 0 spiro atoms. The maximum Gasteiger partial charge on any atom is 0.262 e. The third kappa shape index (κ3) is 3.76. The zero-order valence-corrected chi connectivity index (χ0v) is 13.5. The molecule has 1 atom stereocenters. The monoisotopic (exact) mass is 305 g/mol. The van der Waals surface area contributed by atoms with Crippen LogP contribution >= 0.6 is 0 Å². The van der Waals surface area contributed by atoms with E-state index in [1.54, 1.807) is 18.2 Å². The van der Waals surface area contributed by atoms with Crippen LogP contribution < -0.4 is 15.4 Å². The Morgan fingerprint density at radius 2 is 2.14 bits per heavy atom. The lowest BCUT2D eigenvalue weighted by atomic mass is 10.0. The molecular weight excluding hydrogens is 282 g/mol. The van der Waals surface area contributed by atoms with Gasteiger partial charge in [0.1, 0.15) is 5.75 Å². The normalized spacial score (nSPS) is 15.1. The van der Waals surface area contributed by atoms with Gasteiger partial charge < -0.3 is 20.3 Å². The summed E-state index contributed by atoms with van der Waals surface area (Å²) in [6.07, 6.45) is 0. The highest BCUT2D eigenvalue weighted by Crippen LogP contribution is 2.28. The predicted octanol–water partition coefficient (Wildman–Crippen LogP) is 1.33. The summed E-state index contributed by atoms with van der Waals surface area (Å²) in [6.45, 7) is 4.82. The maximum absolute atomic E-state index is 12.3. The van der Waals surface area contributed by atoms with Crippen molar-refractivity contribution in [3.63, 3.8) is 0 Å².